The topological polar surface area (TPSA) is 39.2 Å². The standard InChI is InChI=1S/C22H15F6NO2/c1-2-31-20(30)19-17(13-5-3-7-15(9-13)21(23,24)25)11-29-12-18(19)14-6-4-8-16(10-14)22(26,27)28/h3-12H,2H2,1H3. The van der Waals surface area contributed by atoms with Crippen molar-refractivity contribution in [3.05, 3.63) is 77.6 Å². The molecule has 1 heterocycles. The first-order chi connectivity index (χ1) is 14.5. The lowest BCUT2D eigenvalue weighted by Gasteiger charge is -2.16. The van der Waals surface area contributed by atoms with Crippen LogP contribution in [0, 0.1) is 0 Å². The van der Waals surface area contributed by atoms with Crippen LogP contribution in [0.25, 0.3) is 22.3 Å². The van der Waals surface area contributed by atoms with Gasteiger partial charge in [0.05, 0.1) is 23.3 Å². The van der Waals surface area contributed by atoms with Gasteiger partial charge in [-0.05, 0) is 42.3 Å². The molecule has 3 nitrogen and oxygen atoms in total. The first-order valence-electron chi connectivity index (χ1n) is 9.02. The predicted molar refractivity (Wildman–Crippen MR) is 101 cm³/mol. The van der Waals surface area contributed by atoms with Gasteiger partial charge in [-0.3, -0.25) is 4.98 Å². The fourth-order valence-corrected chi connectivity index (χ4v) is 3.05. The lowest BCUT2D eigenvalue weighted by atomic mass is 9.93. The summed E-state index contributed by atoms with van der Waals surface area (Å²) >= 11 is 0. The van der Waals surface area contributed by atoms with E-state index in [4.69, 9.17) is 4.74 Å². The molecule has 0 unspecified atom stereocenters. The van der Waals surface area contributed by atoms with Crippen LogP contribution in [0.5, 0.6) is 0 Å². The molecular weight excluding hydrogens is 424 g/mol. The van der Waals surface area contributed by atoms with E-state index in [1.165, 1.54) is 43.6 Å². The minimum absolute atomic E-state index is 0.0134. The highest BCUT2D eigenvalue weighted by Crippen LogP contribution is 2.37. The molecule has 2 aromatic carbocycles. The number of pyridine rings is 1. The van der Waals surface area contributed by atoms with Gasteiger partial charge in [0.1, 0.15) is 0 Å². The van der Waals surface area contributed by atoms with E-state index < -0.39 is 29.4 Å². The summed E-state index contributed by atoms with van der Waals surface area (Å²) in [5.74, 6) is -0.885. The van der Waals surface area contributed by atoms with Gasteiger partial charge in [0.25, 0.3) is 0 Å². The number of rotatable bonds is 4. The number of hydrogen-bond acceptors (Lipinski definition) is 3. The van der Waals surface area contributed by atoms with Crippen LogP contribution in [0.3, 0.4) is 0 Å². The molecule has 0 fully saturated rings. The number of ether oxygens (including phenoxy) is 1. The zero-order chi connectivity index (χ0) is 22.8. The van der Waals surface area contributed by atoms with Crippen molar-refractivity contribution in [2.75, 3.05) is 6.61 Å². The summed E-state index contributed by atoms with van der Waals surface area (Å²) in [5.41, 5.74) is -1.97. The summed E-state index contributed by atoms with van der Waals surface area (Å²) in [6.45, 7) is 1.50. The average molecular weight is 439 g/mol. The molecule has 31 heavy (non-hydrogen) atoms. The quantitative estimate of drug-likeness (QED) is 0.338. The molecule has 0 aliphatic rings. The van der Waals surface area contributed by atoms with Crippen molar-refractivity contribution in [1.29, 1.82) is 0 Å². The number of esters is 1. The molecule has 0 aliphatic carbocycles. The molecule has 162 valence electrons. The van der Waals surface area contributed by atoms with Crippen molar-refractivity contribution < 1.29 is 35.9 Å². The molecule has 0 N–H and O–H groups in total. The van der Waals surface area contributed by atoms with Crippen molar-refractivity contribution >= 4 is 5.97 Å². The Morgan fingerprint density at radius 3 is 1.68 bits per heavy atom. The van der Waals surface area contributed by atoms with Crippen LogP contribution in [-0.4, -0.2) is 17.6 Å². The Balaban J connectivity index is 2.25. The first-order valence-corrected chi connectivity index (χ1v) is 9.02. The van der Waals surface area contributed by atoms with E-state index >= 15 is 0 Å². The van der Waals surface area contributed by atoms with Crippen molar-refractivity contribution in [3.63, 3.8) is 0 Å². The Kier molecular flexibility index (Phi) is 6.06. The Labute approximate surface area is 173 Å². The van der Waals surface area contributed by atoms with Crippen LogP contribution in [0.15, 0.2) is 60.9 Å². The Hall–Kier alpha value is -3.36. The SMILES string of the molecule is CCOC(=O)c1c(-c2cccc(C(F)(F)F)c2)cncc1-c1cccc(C(F)(F)F)c1. The molecule has 0 radical (unpaired) electrons. The number of carbonyl (C=O) groups is 1. The van der Waals surface area contributed by atoms with Crippen LogP contribution in [0.4, 0.5) is 26.3 Å². The molecule has 0 saturated carbocycles. The number of alkyl halides is 6. The van der Waals surface area contributed by atoms with Gasteiger partial charge in [-0.25, -0.2) is 4.79 Å². The highest BCUT2D eigenvalue weighted by molar-refractivity contribution is 6.03. The van der Waals surface area contributed by atoms with Crippen LogP contribution in [-0.2, 0) is 17.1 Å². The molecule has 0 atom stereocenters. The average Bonchev–Trinajstić information content (AvgIpc) is 2.72. The molecule has 0 bridgehead atoms. The van der Waals surface area contributed by atoms with E-state index in [1.54, 1.807) is 0 Å². The fraction of sp³-hybridized carbons (Fsp3) is 0.182. The molecule has 1 aromatic heterocycles. The summed E-state index contributed by atoms with van der Waals surface area (Å²) < 4.78 is 83.9. The fourth-order valence-electron chi connectivity index (χ4n) is 3.05. The van der Waals surface area contributed by atoms with Gasteiger partial charge in [0.2, 0.25) is 0 Å². The number of nitrogens with zero attached hydrogens (tertiary/aromatic N) is 1. The smallest absolute Gasteiger partial charge is 0.416 e. The maximum absolute atomic E-state index is 13.2. The monoisotopic (exact) mass is 439 g/mol. The number of aromatic nitrogens is 1. The molecule has 0 amide bonds. The normalized spacial score (nSPS) is 12.0. The summed E-state index contributed by atoms with van der Waals surface area (Å²) in [5, 5.41) is 0. The largest absolute Gasteiger partial charge is 0.462 e. The Morgan fingerprint density at radius 2 is 1.29 bits per heavy atom. The molecule has 0 aliphatic heterocycles. The third-order valence-electron chi connectivity index (χ3n) is 4.43. The van der Waals surface area contributed by atoms with Crippen molar-refractivity contribution in [1.82, 2.24) is 4.98 Å². The van der Waals surface area contributed by atoms with Gasteiger partial charge < -0.3 is 4.74 Å². The molecule has 0 saturated heterocycles. The second-order valence-corrected chi connectivity index (χ2v) is 6.49. The van der Waals surface area contributed by atoms with Crippen molar-refractivity contribution in [2.45, 2.75) is 19.3 Å². The number of carbonyl (C=O) groups excluding carboxylic acids is 1. The zero-order valence-corrected chi connectivity index (χ0v) is 16.0. The van der Waals surface area contributed by atoms with Crippen LogP contribution in [0.2, 0.25) is 0 Å². The van der Waals surface area contributed by atoms with Crippen LogP contribution in [0.1, 0.15) is 28.4 Å². The highest BCUT2D eigenvalue weighted by atomic mass is 19.4. The minimum Gasteiger partial charge on any atom is -0.462 e. The maximum atomic E-state index is 13.2. The van der Waals surface area contributed by atoms with Crippen molar-refractivity contribution in [3.8, 4) is 22.3 Å². The maximum Gasteiger partial charge on any atom is 0.416 e. The minimum atomic E-state index is -4.62. The van der Waals surface area contributed by atoms with Gasteiger partial charge in [0, 0.05) is 23.5 Å². The highest BCUT2D eigenvalue weighted by Gasteiger charge is 2.32. The van der Waals surface area contributed by atoms with E-state index in [1.807, 2.05) is 0 Å². The van der Waals surface area contributed by atoms with E-state index in [9.17, 15) is 31.1 Å². The Morgan fingerprint density at radius 1 is 0.839 bits per heavy atom. The third-order valence-corrected chi connectivity index (χ3v) is 4.43. The summed E-state index contributed by atoms with van der Waals surface area (Å²) in [7, 11) is 0. The van der Waals surface area contributed by atoms with Crippen LogP contribution < -0.4 is 0 Å². The second-order valence-electron chi connectivity index (χ2n) is 6.49. The van der Waals surface area contributed by atoms with E-state index in [-0.39, 0.29) is 34.4 Å². The van der Waals surface area contributed by atoms with Gasteiger partial charge in [-0.1, -0.05) is 24.3 Å². The summed E-state index contributed by atoms with van der Waals surface area (Å²) in [6, 6.07) is 8.48. The van der Waals surface area contributed by atoms with E-state index in [2.05, 4.69) is 4.98 Å². The number of halogens is 6. The third kappa shape index (κ3) is 4.87. The van der Waals surface area contributed by atoms with Gasteiger partial charge >= 0.3 is 18.3 Å². The Bertz CT molecular complexity index is 1030. The summed E-state index contributed by atoms with van der Waals surface area (Å²) in [4.78, 5) is 16.7. The first kappa shape index (κ1) is 22.3. The molecule has 3 aromatic rings. The number of benzene rings is 2. The summed E-state index contributed by atoms with van der Waals surface area (Å²) in [6.07, 6.45) is -6.88. The molecule has 0 spiro atoms. The molecule has 9 heteroatoms. The lowest BCUT2D eigenvalue weighted by molar-refractivity contribution is -0.138. The molecular formula is C22H15F6NO2. The van der Waals surface area contributed by atoms with Crippen molar-refractivity contribution in [2.24, 2.45) is 0 Å². The number of hydrogen-bond donors (Lipinski definition) is 0. The van der Waals surface area contributed by atoms with Crippen LogP contribution >= 0.6 is 0 Å². The van der Waals surface area contributed by atoms with Gasteiger partial charge in [-0.15, -0.1) is 0 Å². The lowest BCUT2D eigenvalue weighted by Crippen LogP contribution is -2.10. The zero-order valence-electron chi connectivity index (χ0n) is 16.0. The molecule has 3 rings (SSSR count). The van der Waals surface area contributed by atoms with Gasteiger partial charge in [-0.2, -0.15) is 26.3 Å². The second kappa shape index (κ2) is 8.41. The van der Waals surface area contributed by atoms with E-state index in [0.717, 1.165) is 24.3 Å². The predicted octanol–water partition coefficient (Wildman–Crippen LogP) is 6.63. The van der Waals surface area contributed by atoms with Gasteiger partial charge in [0.15, 0.2) is 0 Å². The van der Waals surface area contributed by atoms with E-state index in [0.29, 0.717) is 0 Å².